The zero-order chi connectivity index (χ0) is 17.0. The summed E-state index contributed by atoms with van der Waals surface area (Å²) in [6.45, 7) is 6.81. The molecule has 7 nitrogen and oxygen atoms in total. The molecule has 7 heteroatoms. The maximum atomic E-state index is 11.9. The van der Waals surface area contributed by atoms with Crippen LogP contribution in [0.3, 0.4) is 0 Å². The molecule has 2 rings (SSSR count). The molecule has 2 amide bonds. The van der Waals surface area contributed by atoms with E-state index >= 15 is 0 Å². The third-order valence-corrected chi connectivity index (χ3v) is 3.47. The number of nitrogens with zero attached hydrogens (tertiary/aromatic N) is 2. The van der Waals surface area contributed by atoms with Crippen LogP contribution in [-0.4, -0.2) is 48.8 Å². The molecule has 0 spiro atoms. The quantitative estimate of drug-likeness (QED) is 0.883. The topological polar surface area (TPSA) is 83.6 Å². The summed E-state index contributed by atoms with van der Waals surface area (Å²) in [5.74, 6) is 0.469. The smallest absolute Gasteiger partial charge is 0.407 e. The van der Waals surface area contributed by atoms with Gasteiger partial charge in [0.2, 0.25) is 0 Å². The largest absolute Gasteiger partial charge is 0.444 e. The van der Waals surface area contributed by atoms with Crippen LogP contribution in [0.1, 0.15) is 37.6 Å². The number of pyridine rings is 1. The Hall–Kier alpha value is -2.31. The molecule has 1 aromatic rings. The van der Waals surface area contributed by atoms with Crippen LogP contribution in [0.25, 0.3) is 0 Å². The highest BCUT2D eigenvalue weighted by atomic mass is 16.6. The van der Waals surface area contributed by atoms with E-state index in [9.17, 15) is 9.59 Å². The lowest BCUT2D eigenvalue weighted by Crippen LogP contribution is -2.40. The Bertz CT molecular complexity index is 583. The van der Waals surface area contributed by atoms with Crippen LogP contribution in [0.2, 0.25) is 0 Å². The number of amides is 2. The first-order valence-electron chi connectivity index (χ1n) is 7.71. The Morgan fingerprint density at radius 1 is 1.39 bits per heavy atom. The van der Waals surface area contributed by atoms with E-state index in [-0.39, 0.29) is 11.9 Å². The Balaban J connectivity index is 2.01. The van der Waals surface area contributed by atoms with Gasteiger partial charge < -0.3 is 20.3 Å². The van der Waals surface area contributed by atoms with Gasteiger partial charge in [0.05, 0.1) is 11.6 Å². The van der Waals surface area contributed by atoms with Crippen molar-refractivity contribution in [3.63, 3.8) is 0 Å². The molecule has 1 aliphatic heterocycles. The van der Waals surface area contributed by atoms with Gasteiger partial charge in [-0.15, -0.1) is 0 Å². The summed E-state index contributed by atoms with van der Waals surface area (Å²) in [4.78, 5) is 30.1. The fourth-order valence-corrected chi connectivity index (χ4v) is 2.51. The molecule has 0 aromatic carbocycles. The average molecular weight is 320 g/mol. The highest BCUT2D eigenvalue weighted by Crippen LogP contribution is 2.22. The number of rotatable bonds is 3. The predicted molar refractivity (Wildman–Crippen MR) is 87.6 cm³/mol. The summed E-state index contributed by atoms with van der Waals surface area (Å²) in [7, 11) is 1.59. The van der Waals surface area contributed by atoms with Gasteiger partial charge in [0.1, 0.15) is 11.4 Å². The van der Waals surface area contributed by atoms with Gasteiger partial charge in [-0.25, -0.2) is 9.78 Å². The maximum absolute atomic E-state index is 11.9. The predicted octanol–water partition coefficient (Wildman–Crippen LogP) is 1.54. The van der Waals surface area contributed by atoms with Crippen molar-refractivity contribution in [1.82, 2.24) is 15.6 Å². The second-order valence-electron chi connectivity index (χ2n) is 6.53. The van der Waals surface area contributed by atoms with E-state index in [2.05, 4.69) is 15.6 Å². The van der Waals surface area contributed by atoms with E-state index < -0.39 is 11.7 Å². The van der Waals surface area contributed by atoms with E-state index in [0.29, 0.717) is 17.9 Å². The lowest BCUT2D eigenvalue weighted by atomic mass is 10.2. The monoisotopic (exact) mass is 320 g/mol. The van der Waals surface area contributed by atoms with Gasteiger partial charge in [0.15, 0.2) is 0 Å². The molecule has 23 heavy (non-hydrogen) atoms. The van der Waals surface area contributed by atoms with E-state index in [4.69, 9.17) is 4.74 Å². The second-order valence-corrected chi connectivity index (χ2v) is 6.53. The number of ether oxygens (including phenoxy) is 1. The van der Waals surface area contributed by atoms with Crippen molar-refractivity contribution in [3.8, 4) is 0 Å². The third kappa shape index (κ3) is 4.58. The maximum Gasteiger partial charge on any atom is 0.407 e. The normalized spacial score (nSPS) is 17.7. The standard InChI is InChI=1S/C16H24N4O3/c1-16(2,3)23-15(22)19-11-7-9-20(10-11)13-12(14(21)17-4)6-5-8-18-13/h5-6,8,11H,7,9-10H2,1-4H3,(H,17,21)(H,19,22)/t11-/m1/s1. The van der Waals surface area contributed by atoms with Crippen molar-refractivity contribution in [2.24, 2.45) is 0 Å². The van der Waals surface area contributed by atoms with Gasteiger partial charge in [0.25, 0.3) is 5.91 Å². The number of alkyl carbamates (subject to hydrolysis) is 1. The second kappa shape index (κ2) is 6.85. The van der Waals surface area contributed by atoms with Crippen LogP contribution < -0.4 is 15.5 Å². The first-order valence-corrected chi connectivity index (χ1v) is 7.71. The summed E-state index contributed by atoms with van der Waals surface area (Å²) in [6, 6.07) is 3.46. The van der Waals surface area contributed by atoms with Crippen molar-refractivity contribution in [1.29, 1.82) is 0 Å². The van der Waals surface area contributed by atoms with Crippen LogP contribution in [0.15, 0.2) is 18.3 Å². The highest BCUT2D eigenvalue weighted by Gasteiger charge is 2.28. The van der Waals surface area contributed by atoms with E-state index in [1.165, 1.54) is 0 Å². The van der Waals surface area contributed by atoms with Crippen molar-refractivity contribution in [3.05, 3.63) is 23.9 Å². The average Bonchev–Trinajstić information content (AvgIpc) is 2.92. The van der Waals surface area contributed by atoms with Crippen molar-refractivity contribution in [2.75, 3.05) is 25.0 Å². The van der Waals surface area contributed by atoms with Gasteiger partial charge in [-0.1, -0.05) is 0 Å². The Kier molecular flexibility index (Phi) is 5.08. The molecular formula is C16H24N4O3. The number of anilines is 1. The summed E-state index contributed by atoms with van der Waals surface area (Å²) < 4.78 is 5.27. The van der Waals surface area contributed by atoms with Gasteiger partial charge in [-0.3, -0.25) is 4.79 Å². The molecule has 1 atom stereocenters. The molecule has 1 aromatic heterocycles. The summed E-state index contributed by atoms with van der Waals surface area (Å²) in [5, 5.41) is 5.49. The van der Waals surface area contributed by atoms with Crippen LogP contribution >= 0.6 is 0 Å². The van der Waals surface area contributed by atoms with Gasteiger partial charge >= 0.3 is 6.09 Å². The molecule has 0 radical (unpaired) electrons. The molecule has 2 heterocycles. The number of carbonyl (C=O) groups excluding carboxylic acids is 2. The van der Waals surface area contributed by atoms with Gasteiger partial charge in [-0.2, -0.15) is 0 Å². The minimum atomic E-state index is -0.518. The SMILES string of the molecule is CNC(=O)c1cccnc1N1CC[C@@H](NC(=O)OC(C)(C)C)C1. The minimum Gasteiger partial charge on any atom is -0.444 e. The zero-order valence-electron chi connectivity index (χ0n) is 14.0. The first-order chi connectivity index (χ1) is 10.8. The first kappa shape index (κ1) is 17.1. The molecule has 0 aliphatic carbocycles. The van der Waals surface area contributed by atoms with Crippen LogP contribution in [0.4, 0.5) is 10.6 Å². The lowest BCUT2D eigenvalue weighted by molar-refractivity contribution is 0.0508. The molecular weight excluding hydrogens is 296 g/mol. The van der Waals surface area contributed by atoms with Crippen LogP contribution in [0.5, 0.6) is 0 Å². The third-order valence-electron chi connectivity index (χ3n) is 3.47. The van der Waals surface area contributed by atoms with Crippen molar-refractivity contribution >= 4 is 17.8 Å². The number of nitrogens with one attached hydrogen (secondary N) is 2. The number of aromatic nitrogens is 1. The molecule has 126 valence electrons. The van der Waals surface area contributed by atoms with Gasteiger partial charge in [0, 0.05) is 26.3 Å². The zero-order valence-corrected chi connectivity index (χ0v) is 14.0. The van der Waals surface area contributed by atoms with E-state index in [1.807, 2.05) is 25.7 Å². The van der Waals surface area contributed by atoms with E-state index in [1.54, 1.807) is 25.4 Å². The Labute approximate surface area is 136 Å². The molecule has 0 bridgehead atoms. The molecule has 0 saturated carbocycles. The number of hydrogen-bond donors (Lipinski definition) is 2. The molecule has 0 unspecified atom stereocenters. The Morgan fingerprint density at radius 2 is 2.13 bits per heavy atom. The molecule has 1 fully saturated rings. The van der Waals surface area contributed by atoms with Gasteiger partial charge in [-0.05, 0) is 39.3 Å². The molecule has 1 saturated heterocycles. The van der Waals surface area contributed by atoms with Crippen molar-refractivity contribution in [2.45, 2.75) is 38.8 Å². The lowest BCUT2D eigenvalue weighted by Gasteiger charge is -2.22. The molecule has 1 aliphatic rings. The summed E-state index contributed by atoms with van der Waals surface area (Å²) >= 11 is 0. The highest BCUT2D eigenvalue weighted by molar-refractivity contribution is 5.98. The van der Waals surface area contributed by atoms with Crippen LogP contribution in [-0.2, 0) is 4.74 Å². The summed E-state index contributed by atoms with van der Waals surface area (Å²) in [5.41, 5.74) is 0.0170. The number of hydrogen-bond acceptors (Lipinski definition) is 5. The fraction of sp³-hybridized carbons (Fsp3) is 0.562. The Morgan fingerprint density at radius 3 is 2.78 bits per heavy atom. The fourth-order valence-electron chi connectivity index (χ4n) is 2.51. The molecule has 2 N–H and O–H groups in total. The van der Waals surface area contributed by atoms with Crippen molar-refractivity contribution < 1.29 is 14.3 Å². The summed E-state index contributed by atoms with van der Waals surface area (Å²) in [6.07, 6.45) is 2.02. The van der Waals surface area contributed by atoms with E-state index in [0.717, 1.165) is 13.0 Å². The minimum absolute atomic E-state index is 0.0237. The van der Waals surface area contributed by atoms with Crippen LogP contribution in [0, 0.1) is 0 Å². The number of carbonyl (C=O) groups is 2.